The van der Waals surface area contributed by atoms with E-state index in [-0.39, 0.29) is 6.10 Å². The maximum absolute atomic E-state index is 8.74. The topological polar surface area (TPSA) is 38.7 Å². The Morgan fingerprint density at radius 3 is 2.70 bits per heavy atom. The van der Waals surface area contributed by atoms with Crippen LogP contribution in [0.5, 0.6) is 0 Å². The molecule has 0 aromatic heterocycles. The lowest BCUT2D eigenvalue weighted by atomic mass is 10.4. The van der Waals surface area contributed by atoms with Crippen LogP contribution in [0.15, 0.2) is 0 Å². The molecule has 3 heteroatoms. The van der Waals surface area contributed by atoms with Crippen molar-refractivity contribution in [3.8, 4) is 0 Å². The zero-order valence-corrected chi connectivity index (χ0v) is 6.54. The molecule has 10 heavy (non-hydrogen) atoms. The van der Waals surface area contributed by atoms with Crippen molar-refractivity contribution < 1.29 is 14.6 Å². The van der Waals surface area contributed by atoms with E-state index in [1.54, 1.807) is 13.5 Å². The molecule has 0 heterocycles. The zero-order valence-electron chi connectivity index (χ0n) is 6.54. The largest absolute Gasteiger partial charge is 0.391 e. The van der Waals surface area contributed by atoms with Crippen LogP contribution in [-0.2, 0) is 9.47 Å². The fraction of sp³-hybridized carbons (Fsp3) is 0.857. The summed E-state index contributed by atoms with van der Waals surface area (Å²) < 4.78 is 9.89. The van der Waals surface area contributed by atoms with Gasteiger partial charge in [0.2, 0.25) is 0 Å². The summed E-state index contributed by atoms with van der Waals surface area (Å²) in [6.45, 7) is 6.60. The van der Waals surface area contributed by atoms with Gasteiger partial charge in [-0.1, -0.05) is 0 Å². The average Bonchev–Trinajstić information content (AvgIpc) is 1.87. The van der Waals surface area contributed by atoms with Gasteiger partial charge in [-0.3, -0.25) is 0 Å². The Hall–Kier alpha value is -0.120. The number of aliphatic hydroxyl groups excluding tert-OH is 1. The molecule has 1 radical (unpaired) electrons. The van der Waals surface area contributed by atoms with Crippen LogP contribution in [0.25, 0.3) is 0 Å². The molecule has 0 bridgehead atoms. The first-order valence-electron chi connectivity index (χ1n) is 3.42. The van der Waals surface area contributed by atoms with Crippen LogP contribution in [0.4, 0.5) is 0 Å². The number of aliphatic hydroxyl groups is 1. The molecule has 0 amide bonds. The summed E-state index contributed by atoms with van der Waals surface area (Å²) in [6.07, 6.45) is -0.384. The number of hydrogen-bond donors (Lipinski definition) is 1. The predicted octanol–water partition coefficient (Wildman–Crippen LogP) is 0.582. The first kappa shape index (κ1) is 9.88. The molecule has 61 valence electrons. The van der Waals surface area contributed by atoms with Crippen molar-refractivity contribution in [3.63, 3.8) is 0 Å². The Bertz CT molecular complexity index is 63.9. The van der Waals surface area contributed by atoms with E-state index < -0.39 is 0 Å². The fourth-order valence-electron chi connectivity index (χ4n) is 0.479. The van der Waals surface area contributed by atoms with Crippen LogP contribution in [0, 0.1) is 6.61 Å². The summed E-state index contributed by atoms with van der Waals surface area (Å²) in [5.41, 5.74) is 0. The highest BCUT2D eigenvalue weighted by Crippen LogP contribution is 1.84. The van der Waals surface area contributed by atoms with Crippen LogP contribution in [0.2, 0.25) is 0 Å². The molecular weight excluding hydrogens is 132 g/mol. The molecule has 0 aromatic rings. The first-order valence-corrected chi connectivity index (χ1v) is 3.42. The zero-order chi connectivity index (χ0) is 7.82. The van der Waals surface area contributed by atoms with E-state index in [1.807, 2.05) is 6.92 Å². The van der Waals surface area contributed by atoms with Gasteiger partial charge in [-0.2, -0.15) is 0 Å². The van der Waals surface area contributed by atoms with Crippen molar-refractivity contribution in [1.82, 2.24) is 0 Å². The molecule has 0 aromatic carbocycles. The normalized spacial score (nSPS) is 13.5. The Labute approximate surface area is 62.0 Å². The lowest BCUT2D eigenvalue weighted by molar-refractivity contribution is 0.0214. The van der Waals surface area contributed by atoms with Crippen LogP contribution in [0.3, 0.4) is 0 Å². The van der Waals surface area contributed by atoms with E-state index >= 15 is 0 Å². The van der Waals surface area contributed by atoms with Crippen molar-refractivity contribution >= 4 is 0 Å². The molecule has 0 fully saturated rings. The van der Waals surface area contributed by atoms with Crippen LogP contribution < -0.4 is 0 Å². The Kier molecular flexibility index (Phi) is 6.91. The van der Waals surface area contributed by atoms with Gasteiger partial charge < -0.3 is 14.6 Å². The average molecular weight is 147 g/mol. The molecule has 0 saturated heterocycles. The molecule has 3 nitrogen and oxygen atoms in total. The highest BCUT2D eigenvalue weighted by atomic mass is 16.5. The maximum Gasteiger partial charge on any atom is 0.0807 e. The number of ether oxygens (including phenoxy) is 2. The second kappa shape index (κ2) is 6.99. The van der Waals surface area contributed by atoms with Gasteiger partial charge in [0.25, 0.3) is 0 Å². The van der Waals surface area contributed by atoms with Gasteiger partial charge in [0, 0.05) is 0 Å². The Morgan fingerprint density at radius 1 is 1.50 bits per heavy atom. The lowest BCUT2D eigenvalue weighted by Gasteiger charge is -2.05. The van der Waals surface area contributed by atoms with Crippen molar-refractivity contribution in [2.24, 2.45) is 0 Å². The fourth-order valence-corrected chi connectivity index (χ4v) is 0.479. The number of hydrogen-bond acceptors (Lipinski definition) is 3. The van der Waals surface area contributed by atoms with Crippen LogP contribution >= 0.6 is 0 Å². The van der Waals surface area contributed by atoms with Crippen LogP contribution in [0.1, 0.15) is 13.8 Å². The molecule has 0 aliphatic carbocycles. The summed E-state index contributed by atoms with van der Waals surface area (Å²) >= 11 is 0. The minimum Gasteiger partial charge on any atom is -0.391 e. The highest BCUT2D eigenvalue weighted by Gasteiger charge is 1.93. The summed E-state index contributed by atoms with van der Waals surface area (Å²) in [5, 5.41) is 8.74. The minimum atomic E-state index is -0.384. The van der Waals surface area contributed by atoms with Gasteiger partial charge in [-0.25, -0.2) is 0 Å². The van der Waals surface area contributed by atoms with Gasteiger partial charge in [0.15, 0.2) is 0 Å². The van der Waals surface area contributed by atoms with Gasteiger partial charge in [-0.05, 0) is 13.8 Å². The molecule has 1 atom stereocenters. The minimum absolute atomic E-state index is 0.382. The predicted molar refractivity (Wildman–Crippen MR) is 38.4 cm³/mol. The summed E-state index contributed by atoms with van der Waals surface area (Å²) in [5.74, 6) is 0. The second-order valence-corrected chi connectivity index (χ2v) is 2.03. The molecule has 0 rings (SSSR count). The van der Waals surface area contributed by atoms with E-state index in [9.17, 15) is 0 Å². The molecule has 1 N–H and O–H groups in total. The Balaban J connectivity index is 2.77. The quantitative estimate of drug-likeness (QED) is 0.558. The smallest absolute Gasteiger partial charge is 0.0807 e. The van der Waals surface area contributed by atoms with Gasteiger partial charge in [0.1, 0.15) is 0 Å². The van der Waals surface area contributed by atoms with E-state index in [0.29, 0.717) is 19.8 Å². The third-order valence-electron chi connectivity index (χ3n) is 0.871. The lowest BCUT2D eigenvalue weighted by Crippen LogP contribution is -2.13. The van der Waals surface area contributed by atoms with E-state index in [4.69, 9.17) is 14.6 Å². The van der Waals surface area contributed by atoms with E-state index in [0.717, 1.165) is 0 Å². The summed E-state index contributed by atoms with van der Waals surface area (Å²) in [7, 11) is 0. The van der Waals surface area contributed by atoms with Crippen molar-refractivity contribution in [2.75, 3.05) is 19.8 Å². The van der Waals surface area contributed by atoms with E-state index in [2.05, 4.69) is 0 Å². The van der Waals surface area contributed by atoms with E-state index in [1.165, 1.54) is 0 Å². The van der Waals surface area contributed by atoms with Gasteiger partial charge in [-0.15, -0.1) is 0 Å². The molecule has 0 saturated carbocycles. The standard InChI is InChI=1S/C7H15O3/c1-3-9-4-5-10-6-7(2)8/h3,7-8H,4-6H2,1-2H3. The summed E-state index contributed by atoms with van der Waals surface area (Å²) in [4.78, 5) is 0. The van der Waals surface area contributed by atoms with Crippen molar-refractivity contribution in [3.05, 3.63) is 6.61 Å². The maximum atomic E-state index is 8.74. The Morgan fingerprint density at radius 2 is 2.20 bits per heavy atom. The highest BCUT2D eigenvalue weighted by molar-refractivity contribution is 4.41. The third kappa shape index (κ3) is 7.88. The summed E-state index contributed by atoms with van der Waals surface area (Å²) in [6, 6.07) is 0. The monoisotopic (exact) mass is 147 g/mol. The van der Waals surface area contributed by atoms with Gasteiger partial charge in [0.05, 0.1) is 32.5 Å². The van der Waals surface area contributed by atoms with Crippen LogP contribution in [-0.4, -0.2) is 31.0 Å². The first-order chi connectivity index (χ1) is 4.77. The molecule has 0 spiro atoms. The molecule has 0 aliphatic rings. The molecular formula is C7H15O3. The van der Waals surface area contributed by atoms with Gasteiger partial charge >= 0.3 is 0 Å². The number of rotatable bonds is 6. The SMILES string of the molecule is C[CH]OCCOCC(C)O. The van der Waals surface area contributed by atoms with Crippen molar-refractivity contribution in [2.45, 2.75) is 20.0 Å². The third-order valence-corrected chi connectivity index (χ3v) is 0.871. The second-order valence-electron chi connectivity index (χ2n) is 2.03. The molecule has 1 unspecified atom stereocenters. The van der Waals surface area contributed by atoms with Crippen molar-refractivity contribution in [1.29, 1.82) is 0 Å². The molecule has 0 aliphatic heterocycles.